The molecule has 2 atom stereocenters. The van der Waals surface area contributed by atoms with Crippen molar-refractivity contribution in [1.29, 1.82) is 0 Å². The van der Waals surface area contributed by atoms with E-state index in [-0.39, 0.29) is 35.6 Å². The first-order chi connectivity index (χ1) is 19.8. The lowest BCUT2D eigenvalue weighted by Gasteiger charge is -2.30. The summed E-state index contributed by atoms with van der Waals surface area (Å²) < 4.78 is 39.6. The van der Waals surface area contributed by atoms with Crippen molar-refractivity contribution in [1.82, 2.24) is 10.9 Å². The predicted octanol–water partition coefficient (Wildman–Crippen LogP) is 4.11. The van der Waals surface area contributed by atoms with Crippen molar-refractivity contribution >= 4 is 37.6 Å². The summed E-state index contributed by atoms with van der Waals surface area (Å²) in [6.07, 6.45) is 1.44. The summed E-state index contributed by atoms with van der Waals surface area (Å²) in [4.78, 5) is 19.0. The average Bonchev–Trinajstić information content (AvgIpc) is 3.74. The minimum Gasteiger partial charge on any atom is -0.494 e. The third kappa shape index (κ3) is 6.98. The largest absolute Gasteiger partial charge is 0.494 e. The second-order valence-electron chi connectivity index (χ2n) is 10.1. The fraction of sp³-hybridized carbons (Fsp3) is 0.333. The van der Waals surface area contributed by atoms with Crippen LogP contribution < -0.4 is 15.6 Å². The number of nitrogens with zero attached hydrogens (tertiary/aromatic N) is 1. The van der Waals surface area contributed by atoms with Crippen molar-refractivity contribution in [3.63, 3.8) is 0 Å². The minimum absolute atomic E-state index is 0.0416. The Kier molecular flexibility index (Phi) is 9.08. The van der Waals surface area contributed by atoms with Crippen molar-refractivity contribution in [3.05, 3.63) is 94.5 Å². The summed E-state index contributed by atoms with van der Waals surface area (Å²) in [5.41, 5.74) is 5.59. The lowest BCUT2D eigenvalue weighted by molar-refractivity contribution is -0.130. The van der Waals surface area contributed by atoms with E-state index >= 15 is 0 Å². The number of benzene rings is 3. The topological polar surface area (TPSA) is 126 Å². The summed E-state index contributed by atoms with van der Waals surface area (Å²) in [6, 6.07) is 22.8. The molecule has 1 heterocycles. The van der Waals surface area contributed by atoms with Gasteiger partial charge in [-0.1, -0.05) is 46.3 Å². The van der Waals surface area contributed by atoms with Gasteiger partial charge in [0.15, 0.2) is 21.5 Å². The van der Waals surface area contributed by atoms with E-state index in [0.717, 1.165) is 17.3 Å². The molecule has 1 fully saturated rings. The lowest BCUT2D eigenvalue weighted by atomic mass is 9.85. The number of hydrogen-bond donors (Lipinski definition) is 3. The van der Waals surface area contributed by atoms with Crippen LogP contribution in [0.1, 0.15) is 42.9 Å². The van der Waals surface area contributed by atoms with Crippen LogP contribution in [0, 0.1) is 0 Å². The molecule has 1 aliphatic carbocycles. The van der Waals surface area contributed by atoms with Gasteiger partial charge in [-0.15, -0.1) is 0 Å². The Morgan fingerprint density at radius 2 is 1.76 bits per heavy atom. The predicted molar refractivity (Wildman–Crippen MR) is 158 cm³/mol. The normalized spacial score (nSPS) is 20.2. The van der Waals surface area contributed by atoms with E-state index in [1.54, 1.807) is 54.6 Å². The molecule has 3 aromatic rings. The SMILES string of the molecule is O=C(NNC1CC1)[C@@]1(CCS(=O)(=O)c2ccccc2)N=C(c2ccc(OCCCO)cc2)O[C@H]1c1ccc(Br)cc1. The molecule has 0 radical (unpaired) electrons. The second-order valence-corrected chi connectivity index (χ2v) is 13.1. The Balaban J connectivity index is 1.51. The maximum absolute atomic E-state index is 14.0. The number of halogens is 1. The highest BCUT2D eigenvalue weighted by Gasteiger charge is 2.54. The molecule has 1 amide bonds. The number of aliphatic hydroxyl groups is 1. The van der Waals surface area contributed by atoms with Crippen LogP contribution in [-0.2, 0) is 19.4 Å². The van der Waals surface area contributed by atoms with Gasteiger partial charge >= 0.3 is 0 Å². The van der Waals surface area contributed by atoms with Gasteiger partial charge < -0.3 is 14.6 Å². The highest BCUT2D eigenvalue weighted by atomic mass is 79.9. The monoisotopic (exact) mass is 641 g/mol. The minimum atomic E-state index is -3.72. The standard InChI is InChI=1S/C30H32BrN3O6S/c31-23-11-7-21(8-12-23)27-30(29(36)34-33-24-13-14-24,17-20-41(37,38)26-5-2-1-3-6-26)32-28(40-27)22-9-15-25(16-10-22)39-19-4-18-35/h1-3,5-12,15-16,24,27,33,35H,4,13-14,17-20H2,(H,34,36)/t27-,30-/m0/s1. The molecule has 0 bridgehead atoms. The zero-order valence-corrected chi connectivity index (χ0v) is 24.7. The number of hydrazine groups is 1. The van der Waals surface area contributed by atoms with Crippen molar-refractivity contribution in [2.75, 3.05) is 19.0 Å². The van der Waals surface area contributed by atoms with Gasteiger partial charge in [0.05, 0.1) is 17.3 Å². The zero-order chi connectivity index (χ0) is 28.9. The Labute approximate surface area is 248 Å². The van der Waals surface area contributed by atoms with Gasteiger partial charge in [-0.2, -0.15) is 0 Å². The summed E-state index contributed by atoms with van der Waals surface area (Å²) in [6.45, 7) is 0.423. The van der Waals surface area contributed by atoms with Gasteiger partial charge in [0, 0.05) is 35.5 Å². The molecule has 0 spiro atoms. The van der Waals surface area contributed by atoms with E-state index in [4.69, 9.17) is 19.6 Å². The van der Waals surface area contributed by atoms with Gasteiger partial charge in [-0.25, -0.2) is 18.8 Å². The molecule has 41 heavy (non-hydrogen) atoms. The summed E-state index contributed by atoms with van der Waals surface area (Å²) in [5.74, 6) is 0.0912. The lowest BCUT2D eigenvalue weighted by Crippen LogP contribution is -2.53. The first-order valence-electron chi connectivity index (χ1n) is 13.5. The van der Waals surface area contributed by atoms with Crippen LogP contribution in [0.5, 0.6) is 5.75 Å². The van der Waals surface area contributed by atoms with Gasteiger partial charge in [0.25, 0.3) is 5.91 Å². The van der Waals surface area contributed by atoms with Crippen LogP contribution in [0.25, 0.3) is 0 Å². The summed E-state index contributed by atoms with van der Waals surface area (Å²) >= 11 is 3.46. The molecule has 1 saturated carbocycles. The molecule has 5 rings (SSSR count). The third-order valence-electron chi connectivity index (χ3n) is 7.02. The third-order valence-corrected chi connectivity index (χ3v) is 9.28. The van der Waals surface area contributed by atoms with E-state index in [9.17, 15) is 13.2 Å². The quantitative estimate of drug-likeness (QED) is 0.189. The number of aliphatic hydroxyl groups excluding tert-OH is 1. The van der Waals surface area contributed by atoms with Crippen LogP contribution in [0.15, 0.2) is 93.2 Å². The molecule has 9 nitrogen and oxygen atoms in total. The average molecular weight is 643 g/mol. The van der Waals surface area contributed by atoms with Gasteiger partial charge in [-0.05, 0) is 66.9 Å². The van der Waals surface area contributed by atoms with Crippen LogP contribution in [-0.4, -0.2) is 55.9 Å². The second kappa shape index (κ2) is 12.7. The molecule has 2 aliphatic rings. The van der Waals surface area contributed by atoms with Crippen LogP contribution in [0.3, 0.4) is 0 Å². The van der Waals surface area contributed by atoms with Crippen LogP contribution >= 0.6 is 15.9 Å². The Morgan fingerprint density at radius 1 is 1.05 bits per heavy atom. The maximum Gasteiger partial charge on any atom is 0.266 e. The van der Waals surface area contributed by atoms with Crippen molar-refractivity contribution in [2.45, 2.75) is 48.3 Å². The molecule has 3 N–H and O–H groups in total. The summed E-state index contributed by atoms with van der Waals surface area (Å²) in [5, 5.41) is 9.00. The van der Waals surface area contributed by atoms with E-state index in [1.807, 2.05) is 24.3 Å². The number of carbonyl (C=O) groups excluding carboxylic acids is 1. The summed E-state index contributed by atoms with van der Waals surface area (Å²) in [7, 11) is -3.72. The molecule has 11 heteroatoms. The van der Waals surface area contributed by atoms with Crippen molar-refractivity contribution in [3.8, 4) is 5.75 Å². The zero-order valence-electron chi connectivity index (χ0n) is 22.3. The molecule has 0 aromatic heterocycles. The van der Waals surface area contributed by atoms with Crippen LogP contribution in [0.2, 0.25) is 0 Å². The number of sulfone groups is 1. The maximum atomic E-state index is 14.0. The highest BCUT2D eigenvalue weighted by Crippen LogP contribution is 2.43. The smallest absolute Gasteiger partial charge is 0.266 e. The highest BCUT2D eigenvalue weighted by molar-refractivity contribution is 9.10. The van der Waals surface area contributed by atoms with E-state index in [0.29, 0.717) is 29.9 Å². The Bertz CT molecular complexity index is 1480. The first-order valence-corrected chi connectivity index (χ1v) is 16.0. The van der Waals surface area contributed by atoms with E-state index in [2.05, 4.69) is 26.8 Å². The van der Waals surface area contributed by atoms with Crippen molar-refractivity contribution in [2.24, 2.45) is 4.99 Å². The van der Waals surface area contributed by atoms with Gasteiger partial charge in [-0.3, -0.25) is 10.2 Å². The number of aliphatic imine (C=N–C) groups is 1. The number of carbonyl (C=O) groups is 1. The fourth-order valence-corrected chi connectivity index (χ4v) is 6.20. The van der Waals surface area contributed by atoms with Crippen LogP contribution in [0.4, 0.5) is 0 Å². The molecular formula is C30H32BrN3O6S. The number of hydrogen-bond acceptors (Lipinski definition) is 8. The Hall–Kier alpha value is -3.25. The van der Waals surface area contributed by atoms with Crippen molar-refractivity contribution < 1.29 is 27.8 Å². The van der Waals surface area contributed by atoms with E-state index < -0.39 is 27.4 Å². The number of ether oxygens (including phenoxy) is 2. The number of nitrogens with one attached hydrogen (secondary N) is 2. The molecular weight excluding hydrogens is 610 g/mol. The van der Waals surface area contributed by atoms with Gasteiger partial charge in [0.2, 0.25) is 5.90 Å². The molecule has 0 saturated heterocycles. The fourth-order valence-electron chi connectivity index (χ4n) is 4.55. The molecule has 3 aromatic carbocycles. The first kappa shape index (κ1) is 29.2. The Morgan fingerprint density at radius 3 is 2.41 bits per heavy atom. The molecule has 216 valence electrons. The van der Waals surface area contributed by atoms with Gasteiger partial charge in [0.1, 0.15) is 5.75 Å². The number of rotatable bonds is 13. The molecule has 0 unspecified atom stereocenters. The van der Waals surface area contributed by atoms with E-state index in [1.165, 1.54) is 0 Å². The molecule has 1 aliphatic heterocycles. The number of amides is 1.